The van der Waals surface area contributed by atoms with Crippen LogP contribution >= 0.6 is 0 Å². The van der Waals surface area contributed by atoms with Gasteiger partial charge in [-0.15, -0.1) is 0 Å². The van der Waals surface area contributed by atoms with Gasteiger partial charge in [0, 0.05) is 0 Å². The number of aryl methyl sites for hydroxylation is 1. The van der Waals surface area contributed by atoms with E-state index in [1.165, 1.54) is 0 Å². The molecule has 8 heteroatoms. The molecule has 0 fully saturated rings. The summed E-state index contributed by atoms with van der Waals surface area (Å²) in [6.45, 7) is 1.94. The van der Waals surface area contributed by atoms with E-state index in [2.05, 4.69) is 10.1 Å². The lowest BCUT2D eigenvalue weighted by Gasteiger charge is -2.22. The second kappa shape index (κ2) is 4.13. The zero-order valence-electron chi connectivity index (χ0n) is 9.72. The molecule has 0 saturated carbocycles. The molecule has 0 radical (unpaired) electrons. The molecule has 0 saturated heterocycles. The van der Waals surface area contributed by atoms with Gasteiger partial charge in [0.05, 0.1) is 12.2 Å². The van der Waals surface area contributed by atoms with Crippen LogP contribution in [0.5, 0.6) is 0 Å². The second-order valence-corrected chi connectivity index (χ2v) is 4.28. The van der Waals surface area contributed by atoms with Gasteiger partial charge in [-0.05, 0) is 13.8 Å². The Labute approximate surface area is 99.8 Å². The molecule has 98 valence electrons. The Balaban J connectivity index is 2.50. The number of nitrogens with zero attached hydrogens (tertiary/aromatic N) is 3. The van der Waals surface area contributed by atoms with Crippen LogP contribution in [0.3, 0.4) is 0 Å². The van der Waals surface area contributed by atoms with Gasteiger partial charge >= 0.3 is 0 Å². The molecule has 2 aromatic heterocycles. The summed E-state index contributed by atoms with van der Waals surface area (Å²) in [5.41, 5.74) is -2.50. The molecule has 2 aromatic rings. The van der Waals surface area contributed by atoms with E-state index in [-0.39, 0.29) is 11.1 Å². The first kappa shape index (κ1) is 12.6. The summed E-state index contributed by atoms with van der Waals surface area (Å²) in [7, 11) is 0. The lowest BCUT2D eigenvalue weighted by molar-refractivity contribution is -0.0932. The SMILES string of the molecule is Cc1noc2ncn(CC(C)(O)C(F)F)c(=O)c12. The molecular formula is C10H11F2N3O3. The molecule has 18 heavy (non-hydrogen) atoms. The minimum absolute atomic E-state index is 0.0467. The van der Waals surface area contributed by atoms with Gasteiger partial charge in [0.2, 0.25) is 0 Å². The first-order chi connectivity index (χ1) is 8.33. The minimum Gasteiger partial charge on any atom is -0.382 e. The van der Waals surface area contributed by atoms with Crippen LogP contribution in [0, 0.1) is 6.92 Å². The summed E-state index contributed by atoms with van der Waals surface area (Å²) >= 11 is 0. The Bertz CT molecular complexity index is 633. The van der Waals surface area contributed by atoms with E-state index >= 15 is 0 Å². The normalized spacial score (nSPS) is 15.2. The molecule has 2 rings (SSSR count). The second-order valence-electron chi connectivity index (χ2n) is 4.28. The maximum Gasteiger partial charge on any atom is 0.268 e. The zero-order chi connectivity index (χ0) is 13.5. The van der Waals surface area contributed by atoms with Crippen molar-refractivity contribution in [2.45, 2.75) is 32.4 Å². The van der Waals surface area contributed by atoms with E-state index in [1.807, 2.05) is 0 Å². The zero-order valence-corrected chi connectivity index (χ0v) is 9.72. The van der Waals surface area contributed by atoms with E-state index in [0.717, 1.165) is 17.8 Å². The van der Waals surface area contributed by atoms with E-state index in [0.29, 0.717) is 5.69 Å². The molecule has 0 aliphatic rings. The van der Waals surface area contributed by atoms with Crippen LogP contribution in [0.15, 0.2) is 15.6 Å². The topological polar surface area (TPSA) is 81.2 Å². The number of fused-ring (bicyclic) bond motifs is 1. The lowest BCUT2D eigenvalue weighted by Crippen LogP contribution is -2.41. The largest absolute Gasteiger partial charge is 0.382 e. The van der Waals surface area contributed by atoms with Gasteiger partial charge < -0.3 is 9.63 Å². The van der Waals surface area contributed by atoms with Crippen molar-refractivity contribution in [3.63, 3.8) is 0 Å². The van der Waals surface area contributed by atoms with E-state index in [9.17, 15) is 18.7 Å². The molecule has 1 atom stereocenters. The molecule has 0 aliphatic heterocycles. The highest BCUT2D eigenvalue weighted by Gasteiger charge is 2.33. The molecule has 0 amide bonds. The average Bonchev–Trinajstić information content (AvgIpc) is 2.65. The molecule has 0 spiro atoms. The number of halogens is 2. The van der Waals surface area contributed by atoms with Crippen LogP contribution in [-0.2, 0) is 6.54 Å². The fourth-order valence-electron chi connectivity index (χ4n) is 1.54. The van der Waals surface area contributed by atoms with Gasteiger partial charge in [0.15, 0.2) is 0 Å². The van der Waals surface area contributed by atoms with E-state index in [4.69, 9.17) is 4.52 Å². The molecule has 0 bridgehead atoms. The van der Waals surface area contributed by atoms with Gasteiger partial charge in [-0.3, -0.25) is 9.36 Å². The van der Waals surface area contributed by atoms with Crippen LogP contribution in [0.1, 0.15) is 12.6 Å². The maximum absolute atomic E-state index is 12.5. The molecular weight excluding hydrogens is 248 g/mol. The minimum atomic E-state index is -2.97. The highest BCUT2D eigenvalue weighted by molar-refractivity contribution is 5.73. The van der Waals surface area contributed by atoms with Gasteiger partial charge in [0.25, 0.3) is 17.7 Å². The van der Waals surface area contributed by atoms with Crippen LogP contribution in [-0.4, -0.2) is 31.8 Å². The van der Waals surface area contributed by atoms with Gasteiger partial charge in [-0.1, -0.05) is 5.16 Å². The fourth-order valence-corrected chi connectivity index (χ4v) is 1.54. The van der Waals surface area contributed by atoms with Crippen molar-refractivity contribution >= 4 is 11.1 Å². The van der Waals surface area contributed by atoms with Crippen LogP contribution < -0.4 is 5.56 Å². The average molecular weight is 259 g/mol. The lowest BCUT2D eigenvalue weighted by atomic mass is 10.1. The first-order valence-electron chi connectivity index (χ1n) is 5.15. The third-order valence-electron chi connectivity index (χ3n) is 2.59. The monoisotopic (exact) mass is 259 g/mol. The number of aromatic nitrogens is 3. The van der Waals surface area contributed by atoms with Crippen LogP contribution in [0.25, 0.3) is 11.1 Å². The Kier molecular flexibility index (Phi) is 2.89. The van der Waals surface area contributed by atoms with E-state index < -0.39 is 24.1 Å². The number of hydrogen-bond acceptors (Lipinski definition) is 5. The summed E-state index contributed by atoms with van der Waals surface area (Å²) in [6.07, 6.45) is -1.92. The highest BCUT2D eigenvalue weighted by Crippen LogP contribution is 2.17. The number of rotatable bonds is 3. The molecule has 2 heterocycles. The molecule has 6 nitrogen and oxygen atoms in total. The van der Waals surface area contributed by atoms with Crippen molar-refractivity contribution in [2.24, 2.45) is 0 Å². The summed E-state index contributed by atoms with van der Waals surface area (Å²) in [5.74, 6) is 0. The summed E-state index contributed by atoms with van der Waals surface area (Å²) in [6, 6.07) is 0. The summed E-state index contributed by atoms with van der Waals surface area (Å²) in [5, 5.41) is 13.2. The Morgan fingerprint density at radius 2 is 2.28 bits per heavy atom. The number of hydrogen-bond donors (Lipinski definition) is 1. The molecule has 1 N–H and O–H groups in total. The predicted octanol–water partition coefficient (Wildman–Crippen LogP) is 0.709. The van der Waals surface area contributed by atoms with Crippen molar-refractivity contribution in [1.29, 1.82) is 0 Å². The summed E-state index contributed by atoms with van der Waals surface area (Å²) < 4.78 is 30.8. The van der Waals surface area contributed by atoms with Crippen molar-refractivity contribution in [3.05, 3.63) is 22.4 Å². The first-order valence-corrected chi connectivity index (χ1v) is 5.15. The number of aliphatic hydroxyl groups is 1. The maximum atomic E-state index is 12.5. The Morgan fingerprint density at radius 3 is 2.89 bits per heavy atom. The smallest absolute Gasteiger partial charge is 0.268 e. The third-order valence-corrected chi connectivity index (χ3v) is 2.59. The van der Waals surface area contributed by atoms with Gasteiger partial charge in [-0.2, -0.15) is 0 Å². The Hall–Kier alpha value is -1.83. The van der Waals surface area contributed by atoms with Gasteiger partial charge in [0.1, 0.15) is 17.3 Å². The fraction of sp³-hybridized carbons (Fsp3) is 0.500. The third kappa shape index (κ3) is 1.99. The summed E-state index contributed by atoms with van der Waals surface area (Å²) in [4.78, 5) is 15.8. The quantitative estimate of drug-likeness (QED) is 0.877. The highest BCUT2D eigenvalue weighted by atomic mass is 19.3. The van der Waals surface area contributed by atoms with Crippen molar-refractivity contribution in [3.8, 4) is 0 Å². The predicted molar refractivity (Wildman–Crippen MR) is 57.4 cm³/mol. The Morgan fingerprint density at radius 1 is 1.61 bits per heavy atom. The van der Waals surface area contributed by atoms with Gasteiger partial charge in [-0.25, -0.2) is 13.8 Å². The van der Waals surface area contributed by atoms with E-state index in [1.54, 1.807) is 6.92 Å². The molecule has 1 unspecified atom stereocenters. The molecule has 0 aromatic carbocycles. The number of alkyl halides is 2. The van der Waals surface area contributed by atoms with Crippen LogP contribution in [0.2, 0.25) is 0 Å². The van der Waals surface area contributed by atoms with Crippen molar-refractivity contribution < 1.29 is 18.4 Å². The standard InChI is InChI=1S/C10H11F2N3O3/c1-5-6-7(18-14-5)13-4-15(8(6)16)3-10(2,17)9(11)12/h4,9,17H,3H2,1-2H3. The van der Waals surface area contributed by atoms with Crippen molar-refractivity contribution in [1.82, 2.24) is 14.7 Å². The van der Waals surface area contributed by atoms with Crippen LogP contribution in [0.4, 0.5) is 8.78 Å². The molecule has 0 aliphatic carbocycles. The van der Waals surface area contributed by atoms with Crippen molar-refractivity contribution in [2.75, 3.05) is 0 Å².